The minimum absolute atomic E-state index is 0.805. The Morgan fingerprint density at radius 1 is 0.593 bits per heavy atom. The molecule has 0 nitrogen and oxygen atoms in total. The monoisotopic (exact) mass is 358 g/mol. The van der Waals surface area contributed by atoms with Crippen molar-refractivity contribution in [3.63, 3.8) is 0 Å². The van der Waals surface area contributed by atoms with E-state index in [1.54, 1.807) is 11.1 Å². The summed E-state index contributed by atoms with van der Waals surface area (Å²) < 4.78 is 0. The van der Waals surface area contributed by atoms with Crippen LogP contribution in [0.4, 0.5) is 0 Å². The topological polar surface area (TPSA) is 0 Å². The molecule has 0 heteroatoms. The first-order valence-electron chi connectivity index (χ1n) is 11.2. The van der Waals surface area contributed by atoms with Gasteiger partial charge in [-0.05, 0) is 66.2 Å². The second-order valence-corrected chi connectivity index (χ2v) is 8.68. The minimum atomic E-state index is 0.805. The molecule has 2 fully saturated rings. The number of hydrogen-bond acceptors (Lipinski definition) is 0. The molecule has 0 spiro atoms. The molecular formula is C27H34. The quantitative estimate of drug-likeness (QED) is 0.507. The van der Waals surface area contributed by atoms with Crippen molar-refractivity contribution in [1.29, 1.82) is 0 Å². The molecule has 2 saturated carbocycles. The maximum Gasteiger partial charge on any atom is -0.00941 e. The summed E-state index contributed by atoms with van der Waals surface area (Å²) in [7, 11) is 0. The van der Waals surface area contributed by atoms with Gasteiger partial charge < -0.3 is 0 Å². The van der Waals surface area contributed by atoms with Crippen LogP contribution in [-0.2, 0) is 6.42 Å². The fourth-order valence-electron chi connectivity index (χ4n) is 5.01. The van der Waals surface area contributed by atoms with Crippen LogP contribution < -0.4 is 0 Å². The predicted octanol–water partition coefficient (Wildman–Crippen LogP) is 8.04. The third-order valence-electron chi connectivity index (χ3n) is 6.73. The van der Waals surface area contributed by atoms with Crippen LogP contribution in [0.25, 0.3) is 6.08 Å². The van der Waals surface area contributed by atoms with E-state index in [9.17, 15) is 0 Å². The van der Waals surface area contributed by atoms with Crippen molar-refractivity contribution in [2.24, 2.45) is 0 Å². The molecule has 0 saturated heterocycles. The smallest absolute Gasteiger partial charge is 0.00941 e. The Labute approximate surface area is 165 Å². The maximum atomic E-state index is 2.37. The van der Waals surface area contributed by atoms with E-state index in [1.165, 1.54) is 75.3 Å². The molecule has 2 aliphatic rings. The van der Waals surface area contributed by atoms with Crippen molar-refractivity contribution in [3.8, 4) is 0 Å². The van der Waals surface area contributed by atoms with Crippen LogP contribution in [0, 0.1) is 0 Å². The van der Waals surface area contributed by atoms with Crippen molar-refractivity contribution in [2.75, 3.05) is 0 Å². The average Bonchev–Trinajstić information content (AvgIpc) is 2.76. The zero-order valence-electron chi connectivity index (χ0n) is 16.7. The second-order valence-electron chi connectivity index (χ2n) is 8.68. The van der Waals surface area contributed by atoms with Crippen molar-refractivity contribution >= 4 is 6.08 Å². The molecule has 0 N–H and O–H groups in total. The molecule has 142 valence electrons. The van der Waals surface area contributed by atoms with E-state index in [1.807, 2.05) is 0 Å². The van der Waals surface area contributed by atoms with Crippen LogP contribution in [0.2, 0.25) is 0 Å². The van der Waals surface area contributed by atoms with Gasteiger partial charge in [0.25, 0.3) is 0 Å². The number of hydrogen-bond donors (Lipinski definition) is 0. The summed E-state index contributed by atoms with van der Waals surface area (Å²) in [6.07, 6.45) is 19.6. The SMILES string of the molecule is C(=Cc1ccc(C2CCCCC2)cc1)Cc1ccc(C2CCCCC2)cc1. The van der Waals surface area contributed by atoms with Gasteiger partial charge in [0.15, 0.2) is 0 Å². The summed E-state index contributed by atoms with van der Waals surface area (Å²) in [4.78, 5) is 0. The van der Waals surface area contributed by atoms with Crippen LogP contribution >= 0.6 is 0 Å². The first-order chi connectivity index (χ1) is 13.4. The Balaban J connectivity index is 1.30. The lowest BCUT2D eigenvalue weighted by Gasteiger charge is -2.22. The zero-order valence-corrected chi connectivity index (χ0v) is 16.7. The molecule has 0 unspecified atom stereocenters. The van der Waals surface area contributed by atoms with Gasteiger partial charge in [0, 0.05) is 0 Å². The normalized spacial score (nSPS) is 19.6. The Hall–Kier alpha value is -1.82. The first-order valence-corrected chi connectivity index (χ1v) is 11.2. The van der Waals surface area contributed by atoms with Gasteiger partial charge in [-0.1, -0.05) is 99.2 Å². The highest BCUT2D eigenvalue weighted by Gasteiger charge is 2.15. The van der Waals surface area contributed by atoms with E-state index in [0.717, 1.165) is 18.3 Å². The third kappa shape index (κ3) is 5.12. The molecule has 0 aliphatic heterocycles. The third-order valence-corrected chi connectivity index (χ3v) is 6.73. The van der Waals surface area contributed by atoms with Gasteiger partial charge in [-0.3, -0.25) is 0 Å². The van der Waals surface area contributed by atoms with Crippen molar-refractivity contribution < 1.29 is 0 Å². The van der Waals surface area contributed by atoms with E-state index in [4.69, 9.17) is 0 Å². The van der Waals surface area contributed by atoms with Crippen LogP contribution in [-0.4, -0.2) is 0 Å². The van der Waals surface area contributed by atoms with Gasteiger partial charge in [0.2, 0.25) is 0 Å². The Morgan fingerprint density at radius 2 is 1.07 bits per heavy atom. The molecule has 2 aromatic carbocycles. The predicted molar refractivity (Wildman–Crippen MR) is 117 cm³/mol. The summed E-state index contributed by atoms with van der Waals surface area (Å²) in [6.45, 7) is 0. The lowest BCUT2D eigenvalue weighted by Crippen LogP contribution is -2.04. The summed E-state index contributed by atoms with van der Waals surface area (Å²) in [5.41, 5.74) is 5.85. The highest BCUT2D eigenvalue weighted by molar-refractivity contribution is 5.50. The van der Waals surface area contributed by atoms with Crippen molar-refractivity contribution in [3.05, 3.63) is 76.9 Å². The highest BCUT2D eigenvalue weighted by atomic mass is 14.2. The van der Waals surface area contributed by atoms with Crippen molar-refractivity contribution in [2.45, 2.75) is 82.5 Å². The molecule has 2 aliphatic carbocycles. The Bertz CT molecular complexity index is 708. The highest BCUT2D eigenvalue weighted by Crippen LogP contribution is 2.33. The van der Waals surface area contributed by atoms with Crippen LogP contribution in [0.15, 0.2) is 54.6 Å². The largest absolute Gasteiger partial charge is 0.0795 e. The standard InChI is InChI=1S/C27H34/c1-3-10-24(11-4-1)26-18-14-22(15-19-26)8-7-9-23-16-20-27(21-17-23)25-12-5-2-6-13-25/h7-8,14-21,24-25H,1-6,9-13H2. The van der Waals surface area contributed by atoms with Crippen LogP contribution in [0.1, 0.15) is 98.3 Å². The summed E-state index contributed by atoms with van der Waals surface area (Å²) in [5, 5.41) is 0. The van der Waals surface area contributed by atoms with Gasteiger partial charge >= 0.3 is 0 Å². The second kappa shape index (κ2) is 9.40. The first kappa shape index (κ1) is 18.5. The van der Waals surface area contributed by atoms with Crippen molar-refractivity contribution in [1.82, 2.24) is 0 Å². The minimum Gasteiger partial charge on any atom is -0.0795 e. The van der Waals surface area contributed by atoms with Gasteiger partial charge in [-0.2, -0.15) is 0 Å². The fourth-order valence-corrected chi connectivity index (χ4v) is 5.01. The lowest BCUT2D eigenvalue weighted by atomic mass is 9.84. The Kier molecular flexibility index (Phi) is 6.45. The van der Waals surface area contributed by atoms with E-state index < -0.39 is 0 Å². The van der Waals surface area contributed by atoms with Crippen LogP contribution in [0.5, 0.6) is 0 Å². The summed E-state index contributed by atoms with van der Waals surface area (Å²) in [6, 6.07) is 18.7. The van der Waals surface area contributed by atoms with Gasteiger partial charge in [0.05, 0.1) is 0 Å². The molecule has 0 atom stereocenters. The van der Waals surface area contributed by atoms with E-state index in [2.05, 4.69) is 60.7 Å². The fraction of sp³-hybridized carbons (Fsp3) is 0.481. The van der Waals surface area contributed by atoms with Crippen LogP contribution in [0.3, 0.4) is 0 Å². The van der Waals surface area contributed by atoms with E-state index >= 15 is 0 Å². The van der Waals surface area contributed by atoms with Gasteiger partial charge in [-0.15, -0.1) is 0 Å². The van der Waals surface area contributed by atoms with E-state index in [0.29, 0.717) is 0 Å². The van der Waals surface area contributed by atoms with E-state index in [-0.39, 0.29) is 0 Å². The molecular weight excluding hydrogens is 324 g/mol. The molecule has 27 heavy (non-hydrogen) atoms. The molecule has 0 aromatic heterocycles. The number of allylic oxidation sites excluding steroid dienone is 1. The molecule has 4 rings (SSSR count). The number of rotatable bonds is 5. The average molecular weight is 359 g/mol. The molecule has 0 radical (unpaired) electrons. The molecule has 0 heterocycles. The maximum absolute atomic E-state index is 2.37. The Morgan fingerprint density at radius 3 is 1.59 bits per heavy atom. The lowest BCUT2D eigenvalue weighted by molar-refractivity contribution is 0.443. The summed E-state index contributed by atoms with van der Waals surface area (Å²) in [5.74, 6) is 1.62. The van der Waals surface area contributed by atoms with Gasteiger partial charge in [-0.25, -0.2) is 0 Å². The molecule has 0 bridgehead atoms. The molecule has 0 amide bonds. The zero-order chi connectivity index (χ0) is 18.3. The van der Waals surface area contributed by atoms with Gasteiger partial charge in [0.1, 0.15) is 0 Å². The molecule has 2 aromatic rings. The number of benzene rings is 2. The summed E-state index contributed by atoms with van der Waals surface area (Å²) >= 11 is 0.